The van der Waals surface area contributed by atoms with E-state index in [1.807, 2.05) is 24.3 Å². The van der Waals surface area contributed by atoms with Crippen molar-refractivity contribution in [3.05, 3.63) is 77.3 Å². The Morgan fingerprint density at radius 2 is 1.69 bits per heavy atom. The van der Waals surface area contributed by atoms with E-state index in [1.165, 1.54) is 10.8 Å². The number of halogens is 1. The second kappa shape index (κ2) is 6.27. The minimum atomic E-state index is 0.640. The minimum absolute atomic E-state index is 0.640. The van der Waals surface area contributed by atoms with Gasteiger partial charge in [-0.1, -0.05) is 71.9 Å². The van der Waals surface area contributed by atoms with E-state index in [0.717, 1.165) is 27.7 Å². The summed E-state index contributed by atoms with van der Waals surface area (Å²) in [4.78, 5) is 0. The van der Waals surface area contributed by atoms with E-state index in [1.54, 1.807) is 16.4 Å². The first kappa shape index (κ1) is 15.6. The average Bonchev–Trinajstić information content (AvgIpc) is 3.11. The lowest BCUT2D eigenvalue weighted by atomic mass is 10.0. The maximum Gasteiger partial charge on any atom is 0.212 e. The molecule has 126 valence electrons. The zero-order valence-corrected chi connectivity index (χ0v) is 15.2. The van der Waals surface area contributed by atoms with Crippen molar-refractivity contribution in [2.75, 3.05) is 5.75 Å². The molecule has 4 nitrogen and oxygen atoms in total. The molecule has 0 N–H and O–H groups in total. The van der Waals surface area contributed by atoms with Gasteiger partial charge in [-0.05, 0) is 34.5 Å². The van der Waals surface area contributed by atoms with Crippen LogP contribution in [0, 0.1) is 0 Å². The van der Waals surface area contributed by atoms with Gasteiger partial charge in [0.1, 0.15) is 0 Å². The molecule has 1 aliphatic heterocycles. The van der Waals surface area contributed by atoms with Crippen LogP contribution in [0.4, 0.5) is 0 Å². The van der Waals surface area contributed by atoms with Crippen molar-refractivity contribution in [1.82, 2.24) is 14.9 Å². The van der Waals surface area contributed by atoms with Crippen LogP contribution in [0.2, 0.25) is 5.02 Å². The molecule has 0 fully saturated rings. The van der Waals surface area contributed by atoms with Gasteiger partial charge in [0.2, 0.25) is 5.16 Å². The Hall–Kier alpha value is -2.63. The highest BCUT2D eigenvalue weighted by atomic mass is 35.5. The predicted octanol–water partition coefficient (Wildman–Crippen LogP) is 5.11. The summed E-state index contributed by atoms with van der Waals surface area (Å²) in [6.07, 6.45) is 0. The summed E-state index contributed by atoms with van der Waals surface area (Å²) >= 11 is 7.97. The van der Waals surface area contributed by atoms with Crippen LogP contribution in [0.15, 0.2) is 77.0 Å². The van der Waals surface area contributed by atoms with E-state index < -0.39 is 0 Å². The molecule has 26 heavy (non-hydrogen) atoms. The molecule has 0 radical (unpaired) electrons. The lowest BCUT2D eigenvalue weighted by Gasteiger charge is -2.14. The molecule has 1 aliphatic rings. The van der Waals surface area contributed by atoms with E-state index in [9.17, 15) is 0 Å². The second-order valence-corrected chi connectivity index (χ2v) is 7.34. The Balaban J connectivity index is 1.63. The van der Waals surface area contributed by atoms with Gasteiger partial charge in [0, 0.05) is 11.3 Å². The minimum Gasteiger partial charge on any atom is -0.186 e. The summed E-state index contributed by atoms with van der Waals surface area (Å²) in [5, 5.41) is 17.3. The largest absolute Gasteiger partial charge is 0.212 e. The number of aromatic nitrogens is 3. The fourth-order valence-electron chi connectivity index (χ4n) is 3.05. The SMILES string of the molecule is Clc1ccccc1-c1nnc2n1N=C(c1ccc3ccccc3c1)CS2. The van der Waals surface area contributed by atoms with Crippen molar-refractivity contribution in [2.45, 2.75) is 5.16 Å². The van der Waals surface area contributed by atoms with Gasteiger partial charge in [-0.3, -0.25) is 0 Å². The number of nitrogens with zero attached hydrogens (tertiary/aromatic N) is 4. The van der Waals surface area contributed by atoms with Gasteiger partial charge in [0.25, 0.3) is 0 Å². The van der Waals surface area contributed by atoms with Crippen molar-refractivity contribution in [3.8, 4) is 11.4 Å². The van der Waals surface area contributed by atoms with Gasteiger partial charge >= 0.3 is 0 Å². The molecule has 6 heteroatoms. The summed E-state index contributed by atoms with van der Waals surface area (Å²) in [6, 6.07) is 22.4. The molecular weight excluding hydrogens is 364 g/mol. The van der Waals surface area contributed by atoms with Gasteiger partial charge < -0.3 is 0 Å². The number of fused-ring (bicyclic) bond motifs is 2. The Labute approximate surface area is 159 Å². The summed E-state index contributed by atoms with van der Waals surface area (Å²) in [6.45, 7) is 0. The maximum absolute atomic E-state index is 6.34. The number of benzene rings is 3. The van der Waals surface area contributed by atoms with Crippen molar-refractivity contribution in [3.63, 3.8) is 0 Å². The van der Waals surface area contributed by atoms with Crippen LogP contribution < -0.4 is 0 Å². The van der Waals surface area contributed by atoms with Gasteiger partial charge in [0.05, 0.1) is 10.7 Å². The fraction of sp³-hybridized carbons (Fsp3) is 0.0500. The molecule has 5 rings (SSSR count). The highest BCUT2D eigenvalue weighted by Gasteiger charge is 2.21. The standard InChI is InChI=1S/C20H13ClN4S/c21-17-8-4-3-7-16(17)19-22-23-20-25(19)24-18(12-26-20)15-10-9-13-5-1-2-6-14(13)11-15/h1-11H,12H2. The van der Waals surface area contributed by atoms with E-state index in [-0.39, 0.29) is 0 Å². The first-order valence-corrected chi connectivity index (χ1v) is 9.56. The number of hydrogen-bond acceptors (Lipinski definition) is 4. The quantitative estimate of drug-likeness (QED) is 0.488. The fourth-order valence-corrected chi connectivity index (χ4v) is 4.11. The normalized spacial score (nSPS) is 13.5. The smallest absolute Gasteiger partial charge is 0.186 e. The van der Waals surface area contributed by atoms with Gasteiger partial charge in [-0.15, -0.1) is 10.2 Å². The first-order chi connectivity index (χ1) is 12.8. The van der Waals surface area contributed by atoms with Gasteiger partial charge in [0.15, 0.2) is 5.82 Å². The van der Waals surface area contributed by atoms with Crippen LogP contribution >= 0.6 is 23.4 Å². The second-order valence-electron chi connectivity index (χ2n) is 6.00. The predicted molar refractivity (Wildman–Crippen MR) is 107 cm³/mol. The number of thioether (sulfide) groups is 1. The Bertz CT molecular complexity index is 1170. The van der Waals surface area contributed by atoms with Crippen molar-refractivity contribution in [1.29, 1.82) is 0 Å². The Kier molecular flexibility index (Phi) is 3.76. The molecular formula is C20H13ClN4S. The summed E-state index contributed by atoms with van der Waals surface area (Å²) in [5.41, 5.74) is 2.94. The van der Waals surface area contributed by atoms with E-state index in [4.69, 9.17) is 16.7 Å². The highest BCUT2D eigenvalue weighted by molar-refractivity contribution is 7.99. The van der Waals surface area contributed by atoms with Crippen molar-refractivity contribution < 1.29 is 0 Å². The third kappa shape index (κ3) is 2.60. The van der Waals surface area contributed by atoms with Gasteiger partial charge in [-0.25, -0.2) is 0 Å². The van der Waals surface area contributed by atoms with E-state index in [0.29, 0.717) is 10.8 Å². The zero-order valence-electron chi connectivity index (χ0n) is 13.6. The maximum atomic E-state index is 6.34. The summed E-state index contributed by atoms with van der Waals surface area (Å²) in [7, 11) is 0. The van der Waals surface area contributed by atoms with E-state index >= 15 is 0 Å². The van der Waals surface area contributed by atoms with E-state index in [2.05, 4.69) is 52.7 Å². The van der Waals surface area contributed by atoms with Crippen LogP contribution in [0.1, 0.15) is 5.56 Å². The van der Waals surface area contributed by atoms with Crippen LogP contribution in [0.5, 0.6) is 0 Å². The average molecular weight is 377 g/mol. The molecule has 4 aromatic rings. The molecule has 3 aromatic carbocycles. The summed E-state index contributed by atoms with van der Waals surface area (Å²) in [5.74, 6) is 1.43. The van der Waals surface area contributed by atoms with Crippen LogP contribution in [-0.2, 0) is 0 Å². The third-order valence-electron chi connectivity index (χ3n) is 4.37. The van der Waals surface area contributed by atoms with Crippen LogP contribution in [0.3, 0.4) is 0 Å². The number of hydrogen-bond donors (Lipinski definition) is 0. The zero-order chi connectivity index (χ0) is 17.5. The number of rotatable bonds is 2. The topological polar surface area (TPSA) is 43.1 Å². The van der Waals surface area contributed by atoms with Crippen molar-refractivity contribution in [2.24, 2.45) is 5.10 Å². The lowest BCUT2D eigenvalue weighted by molar-refractivity contribution is 0.762. The third-order valence-corrected chi connectivity index (χ3v) is 5.63. The monoisotopic (exact) mass is 376 g/mol. The lowest BCUT2D eigenvalue weighted by Crippen LogP contribution is -2.13. The molecule has 0 saturated carbocycles. The molecule has 0 amide bonds. The Morgan fingerprint density at radius 1 is 0.885 bits per heavy atom. The molecule has 0 saturated heterocycles. The highest BCUT2D eigenvalue weighted by Crippen LogP contribution is 2.32. The van der Waals surface area contributed by atoms with Crippen molar-refractivity contribution >= 4 is 39.8 Å². The molecule has 0 spiro atoms. The van der Waals surface area contributed by atoms with Crippen LogP contribution in [-0.4, -0.2) is 26.3 Å². The molecule has 0 bridgehead atoms. The first-order valence-electron chi connectivity index (χ1n) is 8.20. The summed E-state index contributed by atoms with van der Waals surface area (Å²) < 4.78 is 1.79. The van der Waals surface area contributed by atoms with Gasteiger partial charge in [-0.2, -0.15) is 9.78 Å². The molecule has 0 aliphatic carbocycles. The molecule has 0 atom stereocenters. The molecule has 1 aromatic heterocycles. The van der Waals surface area contributed by atoms with Crippen LogP contribution in [0.25, 0.3) is 22.2 Å². The molecule has 2 heterocycles. The Morgan fingerprint density at radius 3 is 2.58 bits per heavy atom. The molecule has 0 unspecified atom stereocenters.